The first-order chi connectivity index (χ1) is 12.0. The molecule has 132 valence electrons. The molecule has 0 saturated carbocycles. The average Bonchev–Trinajstić information content (AvgIpc) is 2.61. The number of benzene rings is 1. The summed E-state index contributed by atoms with van der Waals surface area (Å²) >= 11 is 12.1. The van der Waals surface area contributed by atoms with Crippen LogP contribution in [0.1, 0.15) is 10.4 Å². The van der Waals surface area contributed by atoms with Crippen LogP contribution in [0, 0.1) is 5.82 Å². The van der Waals surface area contributed by atoms with Crippen molar-refractivity contribution >= 4 is 40.6 Å². The van der Waals surface area contributed by atoms with Gasteiger partial charge < -0.3 is 15.1 Å². The van der Waals surface area contributed by atoms with Crippen molar-refractivity contribution in [1.82, 2.24) is 14.9 Å². The fraction of sp³-hybridized carbons (Fsp3) is 0.312. The zero-order valence-corrected chi connectivity index (χ0v) is 15.0. The lowest BCUT2D eigenvalue weighted by molar-refractivity contribution is 0.0746. The van der Waals surface area contributed by atoms with E-state index >= 15 is 0 Å². The summed E-state index contributed by atoms with van der Waals surface area (Å²) in [4.78, 5) is 24.6. The zero-order valence-electron chi connectivity index (χ0n) is 13.5. The molecule has 1 aliphatic rings. The summed E-state index contributed by atoms with van der Waals surface area (Å²) in [5.41, 5.74) is 0.961. The second-order valence-electron chi connectivity index (χ2n) is 5.52. The highest BCUT2D eigenvalue weighted by atomic mass is 35.5. The van der Waals surface area contributed by atoms with Crippen LogP contribution >= 0.6 is 23.2 Å². The molecule has 0 spiro atoms. The van der Waals surface area contributed by atoms with E-state index in [1.807, 2.05) is 4.90 Å². The Morgan fingerprint density at radius 1 is 1.20 bits per heavy atom. The quantitative estimate of drug-likeness (QED) is 0.825. The topological polar surface area (TPSA) is 61.4 Å². The molecule has 0 bridgehead atoms. The Hall–Kier alpha value is -2.12. The molecule has 6 nitrogen and oxygen atoms in total. The largest absolute Gasteiger partial charge is 0.383 e. The third-order valence-corrected chi connectivity index (χ3v) is 4.66. The van der Waals surface area contributed by atoms with Crippen LogP contribution in [0.5, 0.6) is 0 Å². The van der Waals surface area contributed by atoms with Crippen LogP contribution in [-0.2, 0) is 0 Å². The van der Waals surface area contributed by atoms with Crippen molar-refractivity contribution in [1.29, 1.82) is 0 Å². The number of piperazine rings is 1. The number of anilines is 2. The van der Waals surface area contributed by atoms with Gasteiger partial charge in [-0.1, -0.05) is 23.2 Å². The van der Waals surface area contributed by atoms with Crippen molar-refractivity contribution in [3.05, 3.63) is 46.1 Å². The van der Waals surface area contributed by atoms with E-state index in [2.05, 4.69) is 15.3 Å². The molecular formula is C16H16Cl2FN5O. The van der Waals surface area contributed by atoms with E-state index in [4.69, 9.17) is 23.2 Å². The maximum atomic E-state index is 13.2. The van der Waals surface area contributed by atoms with E-state index in [1.54, 1.807) is 11.9 Å². The highest BCUT2D eigenvalue weighted by Gasteiger charge is 2.26. The lowest BCUT2D eigenvalue weighted by Crippen LogP contribution is -2.49. The summed E-state index contributed by atoms with van der Waals surface area (Å²) in [5, 5.41) is 3.47. The summed E-state index contributed by atoms with van der Waals surface area (Å²) in [7, 11) is 1.75. The van der Waals surface area contributed by atoms with Crippen LogP contribution in [-0.4, -0.2) is 54.0 Å². The number of halogens is 3. The summed E-state index contributed by atoms with van der Waals surface area (Å²) in [6.07, 6.45) is 1.41. The number of carbonyl (C=O) groups is 1. The molecule has 0 unspecified atom stereocenters. The van der Waals surface area contributed by atoms with Crippen LogP contribution in [0.2, 0.25) is 10.2 Å². The molecule has 0 atom stereocenters. The predicted octanol–water partition coefficient (Wildman–Crippen LogP) is 2.93. The van der Waals surface area contributed by atoms with Crippen molar-refractivity contribution in [3.63, 3.8) is 0 Å². The van der Waals surface area contributed by atoms with Gasteiger partial charge in [-0.2, -0.15) is 0 Å². The minimum atomic E-state index is -0.466. The molecule has 1 fully saturated rings. The van der Waals surface area contributed by atoms with Gasteiger partial charge in [0.1, 0.15) is 17.8 Å². The third kappa shape index (κ3) is 3.62. The normalized spacial score (nSPS) is 14.6. The van der Waals surface area contributed by atoms with Gasteiger partial charge in [-0.25, -0.2) is 14.4 Å². The Bertz CT molecular complexity index is 796. The minimum absolute atomic E-state index is 0.118. The van der Waals surface area contributed by atoms with Crippen LogP contribution in [0.25, 0.3) is 0 Å². The van der Waals surface area contributed by atoms with Gasteiger partial charge in [-0.3, -0.25) is 4.79 Å². The summed E-state index contributed by atoms with van der Waals surface area (Å²) in [6.45, 7) is 2.17. The molecule has 0 radical (unpaired) electrons. The number of hydrogen-bond donors (Lipinski definition) is 1. The van der Waals surface area contributed by atoms with Gasteiger partial charge in [-0.15, -0.1) is 0 Å². The maximum absolute atomic E-state index is 13.2. The molecule has 1 N–H and O–H groups in total. The van der Waals surface area contributed by atoms with Crippen molar-refractivity contribution in [2.24, 2.45) is 0 Å². The molecule has 3 rings (SSSR count). The Kier molecular flexibility index (Phi) is 5.24. The Labute approximate surface area is 154 Å². The molecule has 1 saturated heterocycles. The number of carbonyl (C=O) groups excluding carboxylic acids is 1. The van der Waals surface area contributed by atoms with Crippen LogP contribution in [0.3, 0.4) is 0 Å². The van der Waals surface area contributed by atoms with Gasteiger partial charge in [-0.05, 0) is 18.2 Å². The van der Waals surface area contributed by atoms with Gasteiger partial charge in [0.2, 0.25) is 0 Å². The third-order valence-electron chi connectivity index (χ3n) is 4.06. The first-order valence-electron chi connectivity index (χ1n) is 7.68. The van der Waals surface area contributed by atoms with Gasteiger partial charge in [0.15, 0.2) is 11.0 Å². The second-order valence-corrected chi connectivity index (χ2v) is 6.28. The standard InChI is InChI=1S/C16H16Cl2FN5O/c1-20-13-14(18)21-9-22-15(13)23-4-6-24(7-5-23)16(25)11-3-2-10(19)8-12(11)17/h2-3,8-9,20H,4-7H2,1H3. The number of aromatic nitrogens is 2. The smallest absolute Gasteiger partial charge is 0.255 e. The van der Waals surface area contributed by atoms with Crippen LogP contribution in [0.15, 0.2) is 24.5 Å². The van der Waals surface area contributed by atoms with Gasteiger partial charge >= 0.3 is 0 Å². The summed E-state index contributed by atoms with van der Waals surface area (Å²) in [5.74, 6) is 0.0280. The van der Waals surface area contributed by atoms with E-state index in [1.165, 1.54) is 18.5 Å². The van der Waals surface area contributed by atoms with E-state index < -0.39 is 5.82 Å². The van der Waals surface area contributed by atoms with Gasteiger partial charge in [0.05, 0.1) is 10.6 Å². The SMILES string of the molecule is CNc1c(Cl)ncnc1N1CCN(C(=O)c2ccc(F)cc2Cl)CC1. The summed E-state index contributed by atoms with van der Waals surface area (Å²) in [6, 6.07) is 3.79. The molecule has 9 heteroatoms. The zero-order chi connectivity index (χ0) is 18.0. The predicted molar refractivity (Wildman–Crippen MR) is 96.1 cm³/mol. The fourth-order valence-electron chi connectivity index (χ4n) is 2.76. The Balaban J connectivity index is 1.72. The van der Waals surface area contributed by atoms with Crippen molar-refractivity contribution in [2.45, 2.75) is 0 Å². The molecule has 0 aliphatic carbocycles. The van der Waals surface area contributed by atoms with Crippen molar-refractivity contribution in [3.8, 4) is 0 Å². The first kappa shape index (κ1) is 17.7. The number of rotatable bonds is 3. The van der Waals surface area contributed by atoms with Crippen LogP contribution < -0.4 is 10.2 Å². The highest BCUT2D eigenvalue weighted by molar-refractivity contribution is 6.34. The number of nitrogens with one attached hydrogen (secondary N) is 1. The molecule has 25 heavy (non-hydrogen) atoms. The number of nitrogens with zero attached hydrogens (tertiary/aromatic N) is 4. The monoisotopic (exact) mass is 383 g/mol. The Morgan fingerprint density at radius 3 is 2.56 bits per heavy atom. The molecule has 1 aromatic heterocycles. The van der Waals surface area contributed by atoms with E-state index in [0.29, 0.717) is 48.4 Å². The maximum Gasteiger partial charge on any atom is 0.255 e. The lowest BCUT2D eigenvalue weighted by Gasteiger charge is -2.36. The minimum Gasteiger partial charge on any atom is -0.383 e. The molecule has 2 heterocycles. The van der Waals surface area contributed by atoms with Gasteiger partial charge in [0.25, 0.3) is 5.91 Å². The second kappa shape index (κ2) is 7.41. The summed E-state index contributed by atoms with van der Waals surface area (Å²) < 4.78 is 13.2. The van der Waals surface area contributed by atoms with Crippen LogP contribution in [0.4, 0.5) is 15.9 Å². The highest BCUT2D eigenvalue weighted by Crippen LogP contribution is 2.29. The van der Waals surface area contributed by atoms with Crippen molar-refractivity contribution < 1.29 is 9.18 Å². The molecule has 1 aliphatic heterocycles. The molecule has 1 amide bonds. The first-order valence-corrected chi connectivity index (χ1v) is 8.44. The number of hydrogen-bond acceptors (Lipinski definition) is 5. The van der Waals surface area contributed by atoms with E-state index in [0.717, 1.165) is 6.07 Å². The molecule has 1 aromatic carbocycles. The fourth-order valence-corrected chi connectivity index (χ4v) is 3.24. The molecular weight excluding hydrogens is 368 g/mol. The lowest BCUT2D eigenvalue weighted by atomic mass is 10.1. The van der Waals surface area contributed by atoms with E-state index in [9.17, 15) is 9.18 Å². The van der Waals surface area contributed by atoms with Crippen molar-refractivity contribution in [2.75, 3.05) is 43.4 Å². The van der Waals surface area contributed by atoms with Gasteiger partial charge in [0, 0.05) is 33.2 Å². The average molecular weight is 384 g/mol. The molecule has 2 aromatic rings. The Morgan fingerprint density at radius 2 is 1.92 bits per heavy atom. The number of amides is 1. The van der Waals surface area contributed by atoms with E-state index in [-0.39, 0.29) is 10.9 Å².